The van der Waals surface area contributed by atoms with E-state index in [1.165, 1.54) is 5.69 Å². The normalized spacial score (nSPS) is 15.8. The Morgan fingerprint density at radius 2 is 2.14 bits per heavy atom. The Balaban J connectivity index is 1.73. The van der Waals surface area contributed by atoms with Gasteiger partial charge in [0, 0.05) is 31.5 Å². The van der Waals surface area contributed by atoms with Gasteiger partial charge in [0.1, 0.15) is 5.82 Å². The molecule has 1 atom stereocenters. The van der Waals surface area contributed by atoms with Crippen LogP contribution >= 0.6 is 0 Å². The summed E-state index contributed by atoms with van der Waals surface area (Å²) in [5.41, 5.74) is 2.31. The molecule has 1 unspecified atom stereocenters. The number of nitrogens with zero attached hydrogens (tertiary/aromatic N) is 4. The molecule has 0 spiro atoms. The number of hydrogen-bond donors (Lipinski definition) is 1. The van der Waals surface area contributed by atoms with Crippen LogP contribution in [0.25, 0.3) is 0 Å². The van der Waals surface area contributed by atoms with Crippen molar-refractivity contribution < 1.29 is 0 Å². The average molecular weight is 285 g/mol. The van der Waals surface area contributed by atoms with E-state index in [-0.39, 0.29) is 0 Å². The molecule has 0 radical (unpaired) electrons. The minimum absolute atomic E-state index is 0.351. The molecule has 1 aliphatic rings. The van der Waals surface area contributed by atoms with E-state index >= 15 is 0 Å². The Hall–Kier alpha value is -1.88. The molecule has 1 aliphatic heterocycles. The van der Waals surface area contributed by atoms with Crippen LogP contribution in [-0.2, 0) is 13.1 Å². The lowest BCUT2D eigenvalue weighted by Crippen LogP contribution is -2.33. The molecule has 1 N–H and O–H groups in total. The van der Waals surface area contributed by atoms with Crippen LogP contribution in [0.4, 0.5) is 5.69 Å². The van der Waals surface area contributed by atoms with E-state index in [4.69, 9.17) is 0 Å². The van der Waals surface area contributed by atoms with Gasteiger partial charge in [-0.3, -0.25) is 4.98 Å². The second-order valence-electron chi connectivity index (χ2n) is 5.42. The topological polar surface area (TPSA) is 46.0 Å². The van der Waals surface area contributed by atoms with Gasteiger partial charge in [-0.1, -0.05) is 13.8 Å². The van der Waals surface area contributed by atoms with Crippen LogP contribution in [-0.4, -0.2) is 27.6 Å². The van der Waals surface area contributed by atoms with Crippen LogP contribution in [0.5, 0.6) is 0 Å². The smallest absolute Gasteiger partial charge is 0.128 e. The summed E-state index contributed by atoms with van der Waals surface area (Å²) < 4.78 is 2.22. The highest BCUT2D eigenvalue weighted by Crippen LogP contribution is 2.22. The third-order valence-corrected chi connectivity index (χ3v) is 4.10. The molecular formula is C16H23N5. The Bertz CT molecular complexity index is 575. The summed E-state index contributed by atoms with van der Waals surface area (Å²) in [6.07, 6.45) is 6.98. The summed E-state index contributed by atoms with van der Waals surface area (Å²) in [7, 11) is 0. The summed E-state index contributed by atoms with van der Waals surface area (Å²) >= 11 is 0. The fourth-order valence-corrected chi connectivity index (χ4v) is 2.89. The van der Waals surface area contributed by atoms with Gasteiger partial charge in [0.25, 0.3) is 0 Å². The van der Waals surface area contributed by atoms with Gasteiger partial charge in [0.15, 0.2) is 0 Å². The van der Waals surface area contributed by atoms with Gasteiger partial charge in [-0.05, 0) is 25.1 Å². The molecule has 0 amide bonds. The first-order valence-electron chi connectivity index (χ1n) is 7.76. The number of pyridine rings is 1. The molecule has 2 aromatic heterocycles. The first-order chi connectivity index (χ1) is 10.3. The number of imidazole rings is 1. The summed E-state index contributed by atoms with van der Waals surface area (Å²) in [5.74, 6) is 1.13. The van der Waals surface area contributed by atoms with E-state index in [1.54, 1.807) is 0 Å². The zero-order chi connectivity index (χ0) is 14.7. The van der Waals surface area contributed by atoms with Crippen LogP contribution in [0.2, 0.25) is 0 Å². The van der Waals surface area contributed by atoms with Crippen molar-refractivity contribution in [2.75, 3.05) is 18.0 Å². The molecule has 0 fully saturated rings. The summed E-state index contributed by atoms with van der Waals surface area (Å²) in [4.78, 5) is 11.4. The Labute approximate surface area is 126 Å². The first kappa shape index (κ1) is 14.1. The molecule has 2 aromatic rings. The minimum atomic E-state index is 0.351. The quantitative estimate of drug-likeness (QED) is 0.916. The van der Waals surface area contributed by atoms with Gasteiger partial charge < -0.3 is 14.8 Å². The molecule has 0 bridgehead atoms. The van der Waals surface area contributed by atoms with E-state index in [2.05, 4.69) is 56.9 Å². The van der Waals surface area contributed by atoms with Crippen LogP contribution in [0.1, 0.15) is 37.8 Å². The number of hydrogen-bond acceptors (Lipinski definition) is 4. The number of aromatic nitrogens is 3. The SMILES string of the molecule is CCNC(CC)c1ccc(N2CCn3ccnc3C2)cn1. The van der Waals surface area contributed by atoms with Crippen molar-refractivity contribution in [1.82, 2.24) is 19.9 Å². The molecule has 112 valence electrons. The molecule has 5 heteroatoms. The second-order valence-corrected chi connectivity index (χ2v) is 5.42. The van der Waals surface area contributed by atoms with Crippen LogP contribution < -0.4 is 10.2 Å². The fourth-order valence-electron chi connectivity index (χ4n) is 2.89. The maximum absolute atomic E-state index is 4.66. The molecule has 5 nitrogen and oxygen atoms in total. The van der Waals surface area contributed by atoms with E-state index in [0.717, 1.165) is 44.1 Å². The summed E-state index contributed by atoms with van der Waals surface area (Å²) in [5, 5.41) is 3.47. The predicted molar refractivity (Wildman–Crippen MR) is 84.2 cm³/mol. The van der Waals surface area contributed by atoms with Gasteiger partial charge in [-0.2, -0.15) is 0 Å². The lowest BCUT2D eigenvalue weighted by atomic mass is 10.1. The monoisotopic (exact) mass is 285 g/mol. The molecule has 0 aromatic carbocycles. The first-order valence-corrected chi connectivity index (χ1v) is 7.76. The minimum Gasteiger partial charge on any atom is -0.361 e. The number of rotatable bonds is 5. The van der Waals surface area contributed by atoms with Crippen molar-refractivity contribution in [3.8, 4) is 0 Å². The zero-order valence-corrected chi connectivity index (χ0v) is 12.8. The van der Waals surface area contributed by atoms with Crippen molar-refractivity contribution in [2.24, 2.45) is 0 Å². The molecule has 0 saturated carbocycles. The van der Waals surface area contributed by atoms with Crippen molar-refractivity contribution in [1.29, 1.82) is 0 Å². The molecular weight excluding hydrogens is 262 g/mol. The lowest BCUT2D eigenvalue weighted by Gasteiger charge is -2.29. The second kappa shape index (κ2) is 6.26. The third-order valence-electron chi connectivity index (χ3n) is 4.10. The molecule has 21 heavy (non-hydrogen) atoms. The van der Waals surface area contributed by atoms with Crippen molar-refractivity contribution in [3.05, 3.63) is 42.2 Å². The van der Waals surface area contributed by atoms with E-state index < -0.39 is 0 Å². The Morgan fingerprint density at radius 1 is 1.24 bits per heavy atom. The van der Waals surface area contributed by atoms with Gasteiger partial charge >= 0.3 is 0 Å². The number of fused-ring (bicyclic) bond motifs is 1. The maximum atomic E-state index is 4.66. The van der Waals surface area contributed by atoms with Crippen LogP contribution in [0.3, 0.4) is 0 Å². The third kappa shape index (κ3) is 2.93. The standard InChI is InChI=1S/C16H23N5/c1-3-14(17-4-2)15-6-5-13(11-19-15)21-10-9-20-8-7-18-16(20)12-21/h5-8,11,14,17H,3-4,9-10,12H2,1-2H3. The van der Waals surface area contributed by atoms with Crippen LogP contribution in [0.15, 0.2) is 30.7 Å². The van der Waals surface area contributed by atoms with E-state index in [9.17, 15) is 0 Å². The fraction of sp³-hybridized carbons (Fsp3) is 0.500. The lowest BCUT2D eigenvalue weighted by molar-refractivity contribution is 0.524. The van der Waals surface area contributed by atoms with Crippen molar-refractivity contribution in [2.45, 2.75) is 39.4 Å². The van der Waals surface area contributed by atoms with Crippen molar-refractivity contribution >= 4 is 5.69 Å². The van der Waals surface area contributed by atoms with Gasteiger partial charge in [0.2, 0.25) is 0 Å². The van der Waals surface area contributed by atoms with E-state index in [0.29, 0.717) is 6.04 Å². The molecule has 0 aliphatic carbocycles. The largest absolute Gasteiger partial charge is 0.361 e. The predicted octanol–water partition coefficient (Wildman–Crippen LogP) is 2.36. The summed E-state index contributed by atoms with van der Waals surface area (Å²) in [6, 6.07) is 4.68. The molecule has 0 saturated heterocycles. The molecule has 3 rings (SSSR count). The highest BCUT2D eigenvalue weighted by molar-refractivity contribution is 5.45. The van der Waals surface area contributed by atoms with Gasteiger partial charge in [0.05, 0.1) is 24.1 Å². The van der Waals surface area contributed by atoms with E-state index in [1.807, 2.05) is 12.4 Å². The molecule has 3 heterocycles. The van der Waals surface area contributed by atoms with Crippen molar-refractivity contribution in [3.63, 3.8) is 0 Å². The highest BCUT2D eigenvalue weighted by Gasteiger charge is 2.17. The van der Waals surface area contributed by atoms with Gasteiger partial charge in [-0.15, -0.1) is 0 Å². The van der Waals surface area contributed by atoms with Gasteiger partial charge in [-0.25, -0.2) is 4.98 Å². The number of nitrogens with one attached hydrogen (secondary N) is 1. The zero-order valence-electron chi connectivity index (χ0n) is 12.8. The summed E-state index contributed by atoms with van der Waals surface area (Å²) in [6.45, 7) is 8.15. The van der Waals surface area contributed by atoms with Crippen LogP contribution in [0, 0.1) is 0 Å². The Morgan fingerprint density at radius 3 is 2.86 bits per heavy atom. The Kier molecular flexibility index (Phi) is 4.20. The maximum Gasteiger partial charge on any atom is 0.128 e. The highest BCUT2D eigenvalue weighted by atomic mass is 15.2. The number of anilines is 1. The average Bonchev–Trinajstić information content (AvgIpc) is 3.00.